The van der Waals surface area contributed by atoms with Crippen LogP contribution in [0.15, 0.2) is 0 Å². The predicted octanol–water partition coefficient (Wildman–Crippen LogP) is 1.36. The first-order valence-corrected chi connectivity index (χ1v) is 4.41. The average Bonchev–Trinajstić information content (AvgIpc) is 2.06. The van der Waals surface area contributed by atoms with Crippen LogP contribution in [0.3, 0.4) is 0 Å². The second-order valence-electron chi connectivity index (χ2n) is 4.24. The van der Waals surface area contributed by atoms with Crippen LogP contribution in [-0.4, -0.2) is 28.5 Å². The van der Waals surface area contributed by atoms with Gasteiger partial charge >= 0.3 is 7.05 Å². The van der Waals surface area contributed by atoms with Crippen molar-refractivity contribution in [3.63, 3.8) is 0 Å². The van der Waals surface area contributed by atoms with E-state index in [0.717, 1.165) is 0 Å². The lowest BCUT2D eigenvalue weighted by atomic mass is 9.80. The minimum Gasteiger partial charge on any atom is -0.437 e. The van der Waals surface area contributed by atoms with E-state index in [1.54, 1.807) is 0 Å². The van der Waals surface area contributed by atoms with Crippen molar-refractivity contribution in [3.05, 3.63) is 0 Å². The molecule has 0 radical (unpaired) electrons. The molecule has 3 heteroatoms. The highest BCUT2D eigenvalue weighted by Gasteiger charge is 2.40. The molecule has 0 aliphatic carbocycles. The molecule has 64 valence electrons. The van der Waals surface area contributed by atoms with Gasteiger partial charge in [0.2, 0.25) is 0 Å². The zero-order chi connectivity index (χ0) is 8.65. The molecular weight excluding hydrogens is 137 g/mol. The fourth-order valence-corrected chi connectivity index (χ4v) is 2.30. The van der Waals surface area contributed by atoms with Crippen LogP contribution in [0.1, 0.15) is 33.6 Å². The molecule has 0 aromatic carbocycles. The first-order valence-electron chi connectivity index (χ1n) is 4.41. The van der Waals surface area contributed by atoms with Crippen LogP contribution in [0.5, 0.6) is 0 Å². The highest BCUT2D eigenvalue weighted by atomic mass is 16.2. The number of hydrogen-bond donors (Lipinski definition) is 1. The molecule has 1 N–H and O–H groups in total. The molecular formula is C8H18BNO. The lowest BCUT2D eigenvalue weighted by Gasteiger charge is -2.35. The summed E-state index contributed by atoms with van der Waals surface area (Å²) in [5.41, 5.74) is 0.188. The Kier molecular flexibility index (Phi) is 2.31. The Morgan fingerprint density at radius 1 is 1.55 bits per heavy atom. The Balaban J connectivity index is 2.72. The Morgan fingerprint density at radius 2 is 2.09 bits per heavy atom. The van der Waals surface area contributed by atoms with Crippen molar-refractivity contribution < 1.29 is 5.02 Å². The maximum atomic E-state index is 9.48. The molecule has 1 fully saturated rings. The van der Waals surface area contributed by atoms with Gasteiger partial charge in [-0.05, 0) is 39.6 Å². The fourth-order valence-electron chi connectivity index (χ4n) is 2.30. The molecule has 0 spiro atoms. The van der Waals surface area contributed by atoms with Crippen molar-refractivity contribution in [2.45, 2.75) is 52.0 Å². The van der Waals surface area contributed by atoms with Crippen molar-refractivity contribution in [1.29, 1.82) is 0 Å². The summed E-state index contributed by atoms with van der Waals surface area (Å²) in [5.74, 6) is 0. The van der Waals surface area contributed by atoms with Gasteiger partial charge in [0, 0.05) is 5.54 Å². The first-order chi connectivity index (χ1) is 4.95. The molecule has 2 nitrogen and oxygen atoms in total. The number of hydrogen-bond acceptors (Lipinski definition) is 2. The van der Waals surface area contributed by atoms with Gasteiger partial charge in [0.1, 0.15) is 0 Å². The SMILES string of the molecule is CB(O)N1C(C)CCC1(C)C. The topological polar surface area (TPSA) is 23.5 Å². The van der Waals surface area contributed by atoms with Crippen molar-refractivity contribution in [3.8, 4) is 0 Å². The van der Waals surface area contributed by atoms with E-state index in [4.69, 9.17) is 0 Å². The van der Waals surface area contributed by atoms with Gasteiger partial charge in [0.25, 0.3) is 0 Å². The quantitative estimate of drug-likeness (QED) is 0.578. The monoisotopic (exact) mass is 155 g/mol. The van der Waals surface area contributed by atoms with E-state index >= 15 is 0 Å². The Bertz CT molecular complexity index is 147. The minimum absolute atomic E-state index is 0.188. The summed E-state index contributed by atoms with van der Waals surface area (Å²) >= 11 is 0. The third-order valence-corrected chi connectivity index (χ3v) is 2.75. The molecule has 1 aliphatic heterocycles. The van der Waals surface area contributed by atoms with E-state index in [9.17, 15) is 5.02 Å². The van der Waals surface area contributed by atoms with Gasteiger partial charge in [-0.25, -0.2) is 0 Å². The number of rotatable bonds is 1. The molecule has 1 unspecified atom stereocenters. The van der Waals surface area contributed by atoms with Crippen molar-refractivity contribution >= 4 is 7.05 Å². The molecule has 0 amide bonds. The van der Waals surface area contributed by atoms with Crippen LogP contribution >= 0.6 is 0 Å². The zero-order valence-corrected chi connectivity index (χ0v) is 7.96. The summed E-state index contributed by atoms with van der Waals surface area (Å²) in [7, 11) is -0.303. The average molecular weight is 155 g/mol. The van der Waals surface area contributed by atoms with Gasteiger partial charge in [0.15, 0.2) is 0 Å². The van der Waals surface area contributed by atoms with Gasteiger partial charge in [-0.15, -0.1) is 0 Å². The second kappa shape index (κ2) is 2.79. The van der Waals surface area contributed by atoms with Crippen LogP contribution in [0.25, 0.3) is 0 Å². The summed E-state index contributed by atoms with van der Waals surface area (Å²) in [6.45, 7) is 8.43. The van der Waals surface area contributed by atoms with E-state index in [2.05, 4.69) is 25.6 Å². The van der Waals surface area contributed by atoms with Crippen molar-refractivity contribution in [2.24, 2.45) is 0 Å². The highest BCUT2D eigenvalue weighted by Crippen LogP contribution is 2.33. The molecule has 1 aliphatic rings. The third-order valence-electron chi connectivity index (χ3n) is 2.75. The summed E-state index contributed by atoms with van der Waals surface area (Å²) in [6, 6.07) is 0.532. The normalized spacial score (nSPS) is 30.8. The van der Waals surface area contributed by atoms with E-state index in [0.29, 0.717) is 6.04 Å². The van der Waals surface area contributed by atoms with Crippen molar-refractivity contribution in [2.75, 3.05) is 0 Å². The molecule has 0 aromatic rings. The largest absolute Gasteiger partial charge is 0.437 e. The maximum Gasteiger partial charge on any atom is 0.377 e. The number of nitrogens with zero attached hydrogens (tertiary/aromatic N) is 1. The van der Waals surface area contributed by atoms with Crippen LogP contribution < -0.4 is 0 Å². The first kappa shape index (κ1) is 9.08. The van der Waals surface area contributed by atoms with Crippen LogP contribution in [0.2, 0.25) is 6.82 Å². The summed E-state index contributed by atoms with van der Waals surface area (Å²) in [5, 5.41) is 9.48. The summed E-state index contributed by atoms with van der Waals surface area (Å²) in [6.07, 6.45) is 2.40. The molecule has 1 rings (SSSR count). The van der Waals surface area contributed by atoms with Gasteiger partial charge in [0.05, 0.1) is 0 Å². The van der Waals surface area contributed by atoms with Crippen LogP contribution in [0, 0.1) is 0 Å². The van der Waals surface area contributed by atoms with Gasteiger partial charge < -0.3 is 9.83 Å². The van der Waals surface area contributed by atoms with E-state index in [1.807, 2.05) is 6.82 Å². The van der Waals surface area contributed by atoms with E-state index in [-0.39, 0.29) is 12.6 Å². The summed E-state index contributed by atoms with van der Waals surface area (Å²) in [4.78, 5) is 2.19. The van der Waals surface area contributed by atoms with Crippen LogP contribution in [0.4, 0.5) is 0 Å². The fraction of sp³-hybridized carbons (Fsp3) is 1.00. The predicted molar refractivity (Wildman–Crippen MR) is 48.5 cm³/mol. The lowest BCUT2D eigenvalue weighted by Crippen LogP contribution is -2.50. The molecule has 0 bridgehead atoms. The highest BCUT2D eigenvalue weighted by molar-refractivity contribution is 6.45. The zero-order valence-electron chi connectivity index (χ0n) is 7.96. The summed E-state index contributed by atoms with van der Waals surface area (Å²) < 4.78 is 0. The standard InChI is InChI=1S/C8H18BNO/c1-7-5-6-8(2,3)10(7)9(4)11/h7,11H,5-6H2,1-4H3. The minimum atomic E-state index is -0.303. The molecule has 1 atom stereocenters. The van der Waals surface area contributed by atoms with Crippen LogP contribution in [-0.2, 0) is 0 Å². The molecule has 1 heterocycles. The molecule has 1 saturated heterocycles. The third kappa shape index (κ3) is 1.59. The molecule has 0 aromatic heterocycles. The molecule has 0 saturated carbocycles. The van der Waals surface area contributed by atoms with E-state index < -0.39 is 0 Å². The van der Waals surface area contributed by atoms with Crippen molar-refractivity contribution in [1.82, 2.24) is 4.81 Å². The van der Waals surface area contributed by atoms with E-state index in [1.165, 1.54) is 12.8 Å². The second-order valence-corrected chi connectivity index (χ2v) is 4.24. The lowest BCUT2D eigenvalue weighted by molar-refractivity contribution is 0.222. The Hall–Kier alpha value is -0.0151. The van der Waals surface area contributed by atoms with Gasteiger partial charge in [-0.3, -0.25) is 0 Å². The Morgan fingerprint density at radius 3 is 2.27 bits per heavy atom. The molecule has 11 heavy (non-hydrogen) atoms. The smallest absolute Gasteiger partial charge is 0.377 e. The van der Waals surface area contributed by atoms with Gasteiger partial charge in [-0.2, -0.15) is 0 Å². The maximum absolute atomic E-state index is 9.48. The Labute approximate surface area is 69.7 Å². The van der Waals surface area contributed by atoms with Gasteiger partial charge in [-0.1, -0.05) is 6.92 Å².